The van der Waals surface area contributed by atoms with Gasteiger partial charge in [-0.05, 0) is 29.8 Å². The van der Waals surface area contributed by atoms with Gasteiger partial charge in [-0.2, -0.15) is 0 Å². The van der Waals surface area contributed by atoms with E-state index in [1.807, 2.05) is 42.5 Å². The highest BCUT2D eigenvalue weighted by atomic mass is 16.7. The Hall–Kier alpha value is -2.94. The second kappa shape index (κ2) is 6.55. The maximum atomic E-state index is 12.3. The normalized spacial score (nSPS) is 29.2. The molecule has 2 aliphatic rings. The highest BCUT2D eigenvalue weighted by Crippen LogP contribution is 2.48. The van der Waals surface area contributed by atoms with E-state index < -0.39 is 41.4 Å². The first-order valence-corrected chi connectivity index (χ1v) is 9.42. The first kappa shape index (κ1) is 18.1. The van der Waals surface area contributed by atoms with E-state index in [1.165, 1.54) is 16.8 Å². The van der Waals surface area contributed by atoms with E-state index in [4.69, 9.17) is 14.2 Å². The van der Waals surface area contributed by atoms with Gasteiger partial charge < -0.3 is 19.3 Å². The Kier molecular flexibility index (Phi) is 4.09. The summed E-state index contributed by atoms with van der Waals surface area (Å²) in [5.74, 6) is 0.618. The predicted molar refractivity (Wildman–Crippen MR) is 104 cm³/mol. The molecule has 0 spiro atoms. The number of ether oxygens (including phenoxy) is 3. The van der Waals surface area contributed by atoms with Crippen molar-refractivity contribution in [3.63, 3.8) is 0 Å². The quantitative estimate of drug-likeness (QED) is 0.687. The lowest BCUT2D eigenvalue weighted by molar-refractivity contribution is -0.206. The fourth-order valence-corrected chi connectivity index (χ4v) is 4.15. The van der Waals surface area contributed by atoms with Crippen LogP contribution in [0, 0.1) is 0 Å². The third kappa shape index (κ3) is 2.79. The Bertz CT molecular complexity index is 1190. The fourth-order valence-electron chi connectivity index (χ4n) is 4.15. The lowest BCUT2D eigenvalue weighted by Crippen LogP contribution is -2.52. The van der Waals surface area contributed by atoms with Crippen LogP contribution >= 0.6 is 0 Å². The van der Waals surface area contributed by atoms with Crippen LogP contribution in [0.1, 0.15) is 13.2 Å². The second-order valence-corrected chi connectivity index (χ2v) is 7.48. The van der Waals surface area contributed by atoms with Gasteiger partial charge in [-0.1, -0.05) is 30.3 Å². The van der Waals surface area contributed by atoms with Crippen molar-refractivity contribution in [3.05, 3.63) is 75.6 Å². The van der Waals surface area contributed by atoms with Crippen molar-refractivity contribution in [1.29, 1.82) is 0 Å². The molecule has 2 aromatic carbocycles. The van der Waals surface area contributed by atoms with E-state index in [9.17, 15) is 14.7 Å². The zero-order chi connectivity index (χ0) is 20.2. The van der Waals surface area contributed by atoms with Crippen LogP contribution in [0.3, 0.4) is 0 Å². The molecule has 8 nitrogen and oxygen atoms in total. The van der Waals surface area contributed by atoms with Crippen molar-refractivity contribution in [2.45, 2.75) is 37.1 Å². The number of nitrogens with one attached hydrogen (secondary N) is 1. The monoisotopic (exact) mass is 396 g/mol. The average Bonchev–Trinajstić information content (AvgIpc) is 3.21. The molecule has 0 unspecified atom stereocenters. The van der Waals surface area contributed by atoms with Gasteiger partial charge in [0.05, 0.1) is 12.7 Å². The summed E-state index contributed by atoms with van der Waals surface area (Å²) in [6.45, 7) is 1.75. The molecular weight excluding hydrogens is 376 g/mol. The average molecular weight is 396 g/mol. The highest BCUT2D eigenvalue weighted by Gasteiger charge is 2.66. The molecule has 0 radical (unpaired) electrons. The minimum absolute atomic E-state index is 0.141. The minimum atomic E-state index is -1.13. The van der Waals surface area contributed by atoms with Crippen molar-refractivity contribution >= 4 is 10.8 Å². The molecule has 2 saturated heterocycles. The van der Waals surface area contributed by atoms with E-state index in [0.717, 1.165) is 10.8 Å². The van der Waals surface area contributed by atoms with Gasteiger partial charge in [0.25, 0.3) is 5.56 Å². The molecule has 150 valence electrons. The number of aliphatic hydroxyl groups excluding tert-OH is 1. The molecule has 3 aromatic rings. The molecule has 3 heterocycles. The third-order valence-electron chi connectivity index (χ3n) is 5.72. The number of hydrogen-bond acceptors (Lipinski definition) is 6. The molecule has 5 rings (SSSR count). The minimum Gasteiger partial charge on any atom is -0.484 e. The standard InChI is InChI=1S/C21H20N2O6/c1-12(24)21-11-27-17(19(29-21)23-9-8-16(25)22-20(23)26)18(21)28-15-7-6-13-4-2-3-5-14(13)10-15/h2-10,12,17-19,24H,11H2,1H3,(H,22,25,26)/t12-,17+,18-,19+,21+/m0/s1. The van der Waals surface area contributed by atoms with Crippen molar-refractivity contribution < 1.29 is 19.3 Å². The number of nitrogens with zero attached hydrogens (tertiary/aromatic N) is 1. The van der Waals surface area contributed by atoms with Crippen LogP contribution in [0.5, 0.6) is 5.75 Å². The van der Waals surface area contributed by atoms with Crippen molar-refractivity contribution in [2.24, 2.45) is 0 Å². The molecule has 2 bridgehead atoms. The number of fused-ring (bicyclic) bond motifs is 3. The summed E-state index contributed by atoms with van der Waals surface area (Å²) in [5, 5.41) is 12.6. The third-order valence-corrected chi connectivity index (χ3v) is 5.72. The van der Waals surface area contributed by atoms with Gasteiger partial charge in [0.1, 0.15) is 11.9 Å². The summed E-state index contributed by atoms with van der Waals surface area (Å²) >= 11 is 0. The van der Waals surface area contributed by atoms with Crippen molar-refractivity contribution in [2.75, 3.05) is 6.61 Å². The molecule has 1 aromatic heterocycles. The predicted octanol–water partition coefficient (Wildman–Crippen LogP) is 1.18. The molecule has 2 fully saturated rings. The van der Waals surface area contributed by atoms with Crippen LogP contribution in [0.4, 0.5) is 0 Å². The van der Waals surface area contributed by atoms with Crippen LogP contribution in [0.15, 0.2) is 64.3 Å². The molecule has 2 aliphatic heterocycles. The Morgan fingerprint density at radius 1 is 1.21 bits per heavy atom. The van der Waals surface area contributed by atoms with Gasteiger partial charge in [-0.15, -0.1) is 0 Å². The van der Waals surface area contributed by atoms with Crippen LogP contribution < -0.4 is 16.0 Å². The van der Waals surface area contributed by atoms with Gasteiger partial charge in [0.2, 0.25) is 0 Å². The molecule has 0 aliphatic carbocycles. The number of hydrogen-bond donors (Lipinski definition) is 2. The number of aromatic nitrogens is 2. The molecule has 2 N–H and O–H groups in total. The second-order valence-electron chi connectivity index (χ2n) is 7.48. The van der Waals surface area contributed by atoms with E-state index in [1.54, 1.807) is 6.92 Å². The summed E-state index contributed by atoms with van der Waals surface area (Å²) in [5.41, 5.74) is -2.23. The smallest absolute Gasteiger partial charge is 0.330 e. The maximum absolute atomic E-state index is 12.3. The number of aromatic amines is 1. The molecule has 29 heavy (non-hydrogen) atoms. The molecule has 5 atom stereocenters. The molecule has 0 amide bonds. The van der Waals surface area contributed by atoms with Gasteiger partial charge in [-0.3, -0.25) is 14.3 Å². The zero-order valence-corrected chi connectivity index (χ0v) is 15.6. The van der Waals surface area contributed by atoms with Gasteiger partial charge in [-0.25, -0.2) is 4.79 Å². The zero-order valence-electron chi connectivity index (χ0n) is 15.6. The molecule has 0 saturated carbocycles. The van der Waals surface area contributed by atoms with E-state index in [0.29, 0.717) is 5.75 Å². The van der Waals surface area contributed by atoms with E-state index in [2.05, 4.69) is 4.98 Å². The van der Waals surface area contributed by atoms with Crippen LogP contribution in [-0.4, -0.2) is 45.2 Å². The number of rotatable bonds is 4. The molecule has 8 heteroatoms. The fraction of sp³-hybridized carbons (Fsp3) is 0.333. The maximum Gasteiger partial charge on any atom is 0.330 e. The number of aliphatic hydroxyl groups is 1. The largest absolute Gasteiger partial charge is 0.484 e. The first-order valence-electron chi connectivity index (χ1n) is 9.42. The van der Waals surface area contributed by atoms with E-state index >= 15 is 0 Å². The Balaban J connectivity index is 1.52. The highest BCUT2D eigenvalue weighted by molar-refractivity contribution is 5.83. The summed E-state index contributed by atoms with van der Waals surface area (Å²) in [4.78, 5) is 25.9. The SMILES string of the molecule is C[C@H](O)[C@@]12CO[C@@H]([C@H](n3ccc(=O)[nH]c3=O)O1)[C@@H]2Oc1ccc2ccccc2c1. The van der Waals surface area contributed by atoms with Crippen LogP contribution in [0.25, 0.3) is 10.8 Å². The topological polar surface area (TPSA) is 103 Å². The Morgan fingerprint density at radius 2 is 2.00 bits per heavy atom. The van der Waals surface area contributed by atoms with Crippen molar-refractivity contribution in [1.82, 2.24) is 9.55 Å². The van der Waals surface area contributed by atoms with E-state index in [-0.39, 0.29) is 6.61 Å². The first-order chi connectivity index (χ1) is 14.0. The van der Waals surface area contributed by atoms with Gasteiger partial charge in [0.15, 0.2) is 17.9 Å². The van der Waals surface area contributed by atoms with Crippen LogP contribution in [-0.2, 0) is 9.47 Å². The Labute approximate surface area is 165 Å². The lowest BCUT2D eigenvalue weighted by Gasteiger charge is -2.33. The Morgan fingerprint density at radius 3 is 2.76 bits per heavy atom. The van der Waals surface area contributed by atoms with Gasteiger partial charge >= 0.3 is 5.69 Å². The molecular formula is C21H20N2O6. The summed E-state index contributed by atoms with van der Waals surface area (Å²) < 4.78 is 19.5. The summed E-state index contributed by atoms with van der Waals surface area (Å²) in [7, 11) is 0. The summed E-state index contributed by atoms with van der Waals surface area (Å²) in [6.07, 6.45) is -1.62. The number of benzene rings is 2. The van der Waals surface area contributed by atoms with Gasteiger partial charge in [0, 0.05) is 12.3 Å². The van der Waals surface area contributed by atoms with Crippen LogP contribution in [0.2, 0.25) is 0 Å². The summed E-state index contributed by atoms with van der Waals surface area (Å²) in [6, 6.07) is 14.9. The number of H-pyrrole nitrogens is 1. The van der Waals surface area contributed by atoms with Crippen molar-refractivity contribution in [3.8, 4) is 5.75 Å². The lowest BCUT2D eigenvalue weighted by atomic mass is 9.93.